The lowest BCUT2D eigenvalue weighted by molar-refractivity contribution is -0.148. The highest BCUT2D eigenvalue weighted by Gasteiger charge is 2.42. The summed E-state index contributed by atoms with van der Waals surface area (Å²) in [7, 11) is -3.29. The molecule has 120 valence electrons. The number of carbonyl (C=O) groups is 1. The molecule has 0 unspecified atom stereocenters. The Kier molecular flexibility index (Phi) is 4.23. The van der Waals surface area contributed by atoms with Gasteiger partial charge >= 0.3 is 5.97 Å². The molecule has 1 aliphatic carbocycles. The first-order valence-electron chi connectivity index (χ1n) is 7.78. The fraction of sp³-hybridized carbons (Fsp3) is 0.562. The van der Waals surface area contributed by atoms with Crippen LogP contribution in [0.3, 0.4) is 0 Å². The van der Waals surface area contributed by atoms with Crippen LogP contribution in [0, 0.1) is 5.92 Å². The number of ether oxygens (including phenoxy) is 1. The van der Waals surface area contributed by atoms with Gasteiger partial charge < -0.3 is 10.1 Å². The minimum Gasteiger partial charge on any atom is -0.466 e. The van der Waals surface area contributed by atoms with Gasteiger partial charge in [0.15, 0.2) is 9.84 Å². The third kappa shape index (κ3) is 2.77. The summed E-state index contributed by atoms with van der Waals surface area (Å²) in [4.78, 5) is 12.5. The largest absolute Gasteiger partial charge is 0.466 e. The van der Waals surface area contributed by atoms with Crippen LogP contribution in [0.15, 0.2) is 29.2 Å². The van der Waals surface area contributed by atoms with E-state index >= 15 is 0 Å². The predicted octanol–water partition coefficient (Wildman–Crippen LogP) is 1.84. The Bertz CT molecular complexity index is 666. The number of benzene rings is 1. The molecule has 2 atom stereocenters. The molecular formula is C16H21NO4S. The van der Waals surface area contributed by atoms with E-state index in [1.807, 2.05) is 12.1 Å². The van der Waals surface area contributed by atoms with E-state index < -0.39 is 9.84 Å². The van der Waals surface area contributed by atoms with Crippen LogP contribution in [0.1, 0.15) is 37.8 Å². The lowest BCUT2D eigenvalue weighted by Gasteiger charge is -2.21. The normalized spacial score (nSPS) is 25.1. The fourth-order valence-corrected chi connectivity index (χ4v) is 5.00. The third-order valence-electron chi connectivity index (χ3n) is 4.34. The Morgan fingerprint density at radius 3 is 2.68 bits per heavy atom. The van der Waals surface area contributed by atoms with Gasteiger partial charge in [0, 0.05) is 6.04 Å². The molecule has 1 saturated carbocycles. The Morgan fingerprint density at radius 1 is 1.27 bits per heavy atom. The molecule has 0 amide bonds. The maximum absolute atomic E-state index is 12.6. The predicted molar refractivity (Wildman–Crippen MR) is 82.1 cm³/mol. The highest BCUT2D eigenvalue weighted by atomic mass is 32.2. The van der Waals surface area contributed by atoms with Gasteiger partial charge in [-0.3, -0.25) is 4.79 Å². The number of hydrogen-bond acceptors (Lipinski definition) is 5. The van der Waals surface area contributed by atoms with Crippen LogP contribution < -0.4 is 5.32 Å². The van der Waals surface area contributed by atoms with Gasteiger partial charge in [0.05, 0.1) is 22.7 Å². The summed E-state index contributed by atoms with van der Waals surface area (Å²) in [5.41, 5.74) is 0.699. The van der Waals surface area contributed by atoms with Gasteiger partial charge in [-0.25, -0.2) is 8.42 Å². The van der Waals surface area contributed by atoms with E-state index in [1.54, 1.807) is 19.1 Å². The summed E-state index contributed by atoms with van der Waals surface area (Å²) < 4.78 is 30.4. The molecule has 0 spiro atoms. The number of carbonyl (C=O) groups excluding carboxylic acids is 1. The lowest BCUT2D eigenvalue weighted by Crippen LogP contribution is -2.27. The van der Waals surface area contributed by atoms with Crippen molar-refractivity contribution >= 4 is 15.8 Å². The van der Waals surface area contributed by atoms with Crippen molar-refractivity contribution in [3.63, 3.8) is 0 Å². The van der Waals surface area contributed by atoms with Crippen molar-refractivity contribution in [3.05, 3.63) is 29.8 Å². The average molecular weight is 323 g/mol. The zero-order chi connectivity index (χ0) is 15.7. The molecule has 1 saturated heterocycles. The molecule has 0 radical (unpaired) electrons. The van der Waals surface area contributed by atoms with E-state index in [2.05, 4.69) is 5.32 Å². The van der Waals surface area contributed by atoms with Gasteiger partial charge in [-0.15, -0.1) is 0 Å². The van der Waals surface area contributed by atoms with Crippen molar-refractivity contribution < 1.29 is 17.9 Å². The molecule has 1 aromatic carbocycles. The Labute approximate surface area is 131 Å². The summed E-state index contributed by atoms with van der Waals surface area (Å²) in [6, 6.07) is 6.75. The summed E-state index contributed by atoms with van der Waals surface area (Å²) in [6.45, 7) is 2.80. The zero-order valence-electron chi connectivity index (χ0n) is 12.6. The highest BCUT2D eigenvalue weighted by molar-refractivity contribution is 7.92. The number of sulfone groups is 1. The first-order valence-corrected chi connectivity index (χ1v) is 9.33. The monoisotopic (exact) mass is 323 g/mol. The van der Waals surface area contributed by atoms with E-state index in [4.69, 9.17) is 4.74 Å². The smallest absolute Gasteiger partial charge is 0.310 e. The van der Waals surface area contributed by atoms with E-state index in [9.17, 15) is 13.2 Å². The van der Waals surface area contributed by atoms with E-state index in [0.29, 0.717) is 30.0 Å². The summed E-state index contributed by atoms with van der Waals surface area (Å²) in [5.74, 6) is -0.577. The molecule has 22 heavy (non-hydrogen) atoms. The Morgan fingerprint density at radius 2 is 2.00 bits per heavy atom. The molecule has 1 aromatic rings. The van der Waals surface area contributed by atoms with Gasteiger partial charge in [-0.1, -0.05) is 18.2 Å². The first-order chi connectivity index (χ1) is 10.6. The number of esters is 1. The maximum Gasteiger partial charge on any atom is 0.310 e. The SMILES string of the molecule is CCOC(=O)[C@@H]1CCN[C@H]1c1ccccc1S(=O)(=O)C1CC1. The quantitative estimate of drug-likeness (QED) is 0.837. The highest BCUT2D eigenvalue weighted by Crippen LogP contribution is 2.39. The van der Waals surface area contributed by atoms with E-state index in [1.165, 1.54) is 0 Å². The molecule has 1 N–H and O–H groups in total. The van der Waals surface area contributed by atoms with Crippen molar-refractivity contribution in [2.24, 2.45) is 5.92 Å². The van der Waals surface area contributed by atoms with Gasteiger partial charge in [-0.2, -0.15) is 0 Å². The second-order valence-electron chi connectivity index (χ2n) is 5.86. The average Bonchev–Trinajstić information content (AvgIpc) is 3.26. The molecule has 6 heteroatoms. The number of rotatable bonds is 5. The maximum atomic E-state index is 12.6. The van der Waals surface area contributed by atoms with E-state index in [-0.39, 0.29) is 23.2 Å². The third-order valence-corrected chi connectivity index (χ3v) is 6.67. The Hall–Kier alpha value is -1.40. The number of hydrogen-bond donors (Lipinski definition) is 1. The standard InChI is InChI=1S/C16H21NO4S/c1-2-21-16(18)13-9-10-17-15(13)12-5-3-4-6-14(12)22(19,20)11-7-8-11/h3-6,11,13,15,17H,2,7-10H2,1H3/t13-,15+/m1/s1. The van der Waals surface area contributed by atoms with E-state index in [0.717, 1.165) is 12.8 Å². The van der Waals surface area contributed by atoms with Crippen LogP contribution in [0.4, 0.5) is 0 Å². The fourth-order valence-electron chi connectivity index (χ4n) is 3.09. The van der Waals surface area contributed by atoms with Crippen LogP contribution >= 0.6 is 0 Å². The van der Waals surface area contributed by atoms with Crippen LogP contribution in [0.5, 0.6) is 0 Å². The first kappa shape index (κ1) is 15.5. The van der Waals surface area contributed by atoms with Gasteiger partial charge in [-0.05, 0) is 44.4 Å². The summed E-state index contributed by atoms with van der Waals surface area (Å²) in [5, 5.41) is 3.02. The molecule has 1 heterocycles. The molecule has 2 fully saturated rings. The molecule has 0 bridgehead atoms. The van der Waals surface area contributed by atoms with Crippen molar-refractivity contribution in [1.29, 1.82) is 0 Å². The topological polar surface area (TPSA) is 72.5 Å². The molecular weight excluding hydrogens is 302 g/mol. The molecule has 2 aliphatic rings. The van der Waals surface area contributed by atoms with Crippen molar-refractivity contribution in [1.82, 2.24) is 5.32 Å². The second-order valence-corrected chi connectivity index (χ2v) is 8.06. The van der Waals surface area contributed by atoms with Crippen molar-refractivity contribution in [3.8, 4) is 0 Å². The van der Waals surface area contributed by atoms with Crippen molar-refractivity contribution in [2.75, 3.05) is 13.2 Å². The van der Waals surface area contributed by atoms with Crippen LogP contribution in [-0.4, -0.2) is 32.8 Å². The molecule has 1 aliphatic heterocycles. The Balaban J connectivity index is 1.96. The van der Waals surface area contributed by atoms with Gasteiger partial charge in [0.1, 0.15) is 0 Å². The lowest BCUT2D eigenvalue weighted by atomic mass is 9.94. The van der Waals surface area contributed by atoms with Gasteiger partial charge in [0.2, 0.25) is 0 Å². The minimum absolute atomic E-state index is 0.254. The molecule has 0 aromatic heterocycles. The summed E-state index contributed by atoms with van der Waals surface area (Å²) >= 11 is 0. The summed E-state index contributed by atoms with van der Waals surface area (Å²) in [6.07, 6.45) is 2.13. The molecule has 3 rings (SSSR count). The zero-order valence-corrected chi connectivity index (χ0v) is 13.4. The molecule has 5 nitrogen and oxygen atoms in total. The number of nitrogens with one attached hydrogen (secondary N) is 1. The van der Waals surface area contributed by atoms with Crippen molar-refractivity contribution in [2.45, 2.75) is 42.4 Å². The second kappa shape index (κ2) is 6.01. The van der Waals surface area contributed by atoms with Crippen LogP contribution in [-0.2, 0) is 19.4 Å². The minimum atomic E-state index is -3.29. The van der Waals surface area contributed by atoms with Crippen LogP contribution in [0.25, 0.3) is 0 Å². The van der Waals surface area contributed by atoms with Crippen LogP contribution in [0.2, 0.25) is 0 Å². The van der Waals surface area contributed by atoms with Gasteiger partial charge in [0.25, 0.3) is 0 Å².